The number of aryl methyl sites for hydroxylation is 1. The first kappa shape index (κ1) is 22.3. The minimum Gasteiger partial charge on any atom is -0.122 e. The standard InChI is InChI=1S/C18H15P.C10H13Cl/c1-4-10-16(11-5-1)19(17-12-6-2-7-13-17)18-14-8-3-9-15-18;1-7-4-5-10(6-11)9(3)8(7)2/h1-15H;4-5H,6H2,1-3H3. The topological polar surface area (TPSA) is 0 Å². The van der Waals surface area contributed by atoms with Crippen molar-refractivity contribution in [1.82, 2.24) is 0 Å². The van der Waals surface area contributed by atoms with Gasteiger partial charge in [0, 0.05) is 5.88 Å². The molecule has 0 saturated heterocycles. The smallest absolute Gasteiger partial charge is 0.0476 e. The van der Waals surface area contributed by atoms with Crippen molar-refractivity contribution < 1.29 is 0 Å². The van der Waals surface area contributed by atoms with Crippen LogP contribution in [0.2, 0.25) is 0 Å². The molecule has 0 bridgehead atoms. The number of halogens is 1. The quantitative estimate of drug-likeness (QED) is 0.247. The lowest BCUT2D eigenvalue weighted by atomic mass is 10.00. The fourth-order valence-corrected chi connectivity index (χ4v) is 5.93. The second-order valence-corrected chi connectivity index (χ2v) is 9.75. The zero-order valence-electron chi connectivity index (χ0n) is 17.8. The lowest BCUT2D eigenvalue weighted by Crippen LogP contribution is -2.20. The summed E-state index contributed by atoms with van der Waals surface area (Å²) in [4.78, 5) is 0. The highest BCUT2D eigenvalue weighted by Gasteiger charge is 2.14. The SMILES string of the molecule is Cc1ccc(CCl)c(C)c1C.c1ccc(P(c2ccccc2)c2ccccc2)cc1. The zero-order valence-corrected chi connectivity index (χ0v) is 19.5. The molecule has 0 heterocycles. The number of benzene rings is 4. The first-order valence-electron chi connectivity index (χ1n) is 10.2. The molecular formula is C28H28ClP. The van der Waals surface area contributed by atoms with E-state index in [1.165, 1.54) is 38.2 Å². The Labute approximate surface area is 187 Å². The zero-order chi connectivity index (χ0) is 21.3. The molecule has 0 unspecified atom stereocenters. The van der Waals surface area contributed by atoms with E-state index in [9.17, 15) is 0 Å². The van der Waals surface area contributed by atoms with Crippen molar-refractivity contribution in [2.75, 3.05) is 0 Å². The van der Waals surface area contributed by atoms with Crippen LogP contribution >= 0.6 is 19.5 Å². The molecule has 0 radical (unpaired) electrons. The van der Waals surface area contributed by atoms with Gasteiger partial charge >= 0.3 is 0 Å². The van der Waals surface area contributed by atoms with Crippen molar-refractivity contribution in [3.63, 3.8) is 0 Å². The summed E-state index contributed by atoms with van der Waals surface area (Å²) in [6.07, 6.45) is 0. The molecule has 0 aliphatic heterocycles. The highest BCUT2D eigenvalue weighted by molar-refractivity contribution is 7.79. The van der Waals surface area contributed by atoms with E-state index in [1.54, 1.807) is 0 Å². The van der Waals surface area contributed by atoms with Crippen molar-refractivity contribution >= 4 is 35.4 Å². The van der Waals surface area contributed by atoms with Crippen LogP contribution in [0.25, 0.3) is 0 Å². The van der Waals surface area contributed by atoms with Gasteiger partial charge in [0.05, 0.1) is 0 Å². The predicted molar refractivity (Wildman–Crippen MR) is 135 cm³/mol. The molecule has 0 N–H and O–H groups in total. The Kier molecular flexibility index (Phi) is 8.26. The molecule has 0 nitrogen and oxygen atoms in total. The van der Waals surface area contributed by atoms with E-state index in [1.807, 2.05) is 0 Å². The fourth-order valence-electron chi connectivity index (χ4n) is 3.34. The largest absolute Gasteiger partial charge is 0.122 e. The van der Waals surface area contributed by atoms with Gasteiger partial charge in [-0.15, -0.1) is 11.6 Å². The summed E-state index contributed by atoms with van der Waals surface area (Å²) in [5.41, 5.74) is 5.29. The number of rotatable bonds is 4. The number of hydrogen-bond acceptors (Lipinski definition) is 0. The molecule has 0 atom stereocenters. The summed E-state index contributed by atoms with van der Waals surface area (Å²) in [5, 5.41) is 4.19. The van der Waals surface area contributed by atoms with Crippen LogP contribution in [-0.2, 0) is 5.88 Å². The van der Waals surface area contributed by atoms with Gasteiger partial charge in [0.2, 0.25) is 0 Å². The minimum atomic E-state index is -0.446. The van der Waals surface area contributed by atoms with E-state index >= 15 is 0 Å². The van der Waals surface area contributed by atoms with Gasteiger partial charge in [-0.3, -0.25) is 0 Å². The maximum atomic E-state index is 5.76. The van der Waals surface area contributed by atoms with Crippen LogP contribution in [-0.4, -0.2) is 0 Å². The molecule has 0 saturated carbocycles. The van der Waals surface area contributed by atoms with Gasteiger partial charge in [-0.2, -0.15) is 0 Å². The van der Waals surface area contributed by atoms with E-state index in [-0.39, 0.29) is 0 Å². The van der Waals surface area contributed by atoms with Gasteiger partial charge in [0.25, 0.3) is 0 Å². The van der Waals surface area contributed by atoms with Crippen LogP contribution in [0.15, 0.2) is 103 Å². The summed E-state index contributed by atoms with van der Waals surface area (Å²) in [5.74, 6) is 0.618. The van der Waals surface area contributed by atoms with Crippen molar-refractivity contribution in [2.24, 2.45) is 0 Å². The number of hydrogen-bond donors (Lipinski definition) is 0. The Morgan fingerprint density at radius 3 is 1.30 bits per heavy atom. The van der Waals surface area contributed by atoms with Crippen LogP contribution in [0.3, 0.4) is 0 Å². The summed E-state index contributed by atoms with van der Waals surface area (Å²) in [6.45, 7) is 6.39. The molecule has 0 spiro atoms. The van der Waals surface area contributed by atoms with Gasteiger partial charge in [0.15, 0.2) is 0 Å². The molecule has 0 aliphatic rings. The highest BCUT2D eigenvalue weighted by atomic mass is 35.5. The third-order valence-electron chi connectivity index (χ3n) is 5.36. The van der Waals surface area contributed by atoms with Crippen LogP contribution in [0.1, 0.15) is 22.3 Å². The molecule has 4 aromatic carbocycles. The van der Waals surface area contributed by atoms with Crippen molar-refractivity contribution in [3.05, 3.63) is 125 Å². The third-order valence-corrected chi connectivity index (χ3v) is 8.09. The van der Waals surface area contributed by atoms with Crippen molar-refractivity contribution in [3.8, 4) is 0 Å². The van der Waals surface area contributed by atoms with Gasteiger partial charge in [-0.25, -0.2) is 0 Å². The summed E-state index contributed by atoms with van der Waals surface area (Å²) in [6, 6.07) is 36.6. The minimum absolute atomic E-state index is 0.446. The maximum absolute atomic E-state index is 5.76. The average Bonchev–Trinajstić information content (AvgIpc) is 2.80. The average molecular weight is 431 g/mol. The van der Waals surface area contributed by atoms with Gasteiger partial charge in [-0.05, 0) is 66.9 Å². The molecule has 0 fully saturated rings. The molecule has 4 rings (SSSR count). The van der Waals surface area contributed by atoms with E-state index in [2.05, 4.69) is 124 Å². The lowest BCUT2D eigenvalue weighted by Gasteiger charge is -2.18. The van der Waals surface area contributed by atoms with Crippen LogP contribution < -0.4 is 15.9 Å². The molecule has 0 aliphatic carbocycles. The van der Waals surface area contributed by atoms with Gasteiger partial charge in [0.1, 0.15) is 0 Å². The third kappa shape index (κ3) is 5.60. The van der Waals surface area contributed by atoms with Gasteiger partial charge in [-0.1, -0.05) is 103 Å². The van der Waals surface area contributed by atoms with E-state index in [4.69, 9.17) is 11.6 Å². The highest BCUT2D eigenvalue weighted by Crippen LogP contribution is 2.32. The van der Waals surface area contributed by atoms with E-state index in [0.717, 1.165) is 0 Å². The van der Waals surface area contributed by atoms with Crippen molar-refractivity contribution in [1.29, 1.82) is 0 Å². The predicted octanol–water partition coefficient (Wildman–Crippen LogP) is 6.80. The monoisotopic (exact) mass is 430 g/mol. The Hall–Kier alpha value is -2.40. The molecule has 4 aromatic rings. The van der Waals surface area contributed by atoms with Crippen LogP contribution in [0.4, 0.5) is 0 Å². The Bertz CT molecular complexity index is 950. The normalized spacial score (nSPS) is 10.4. The van der Waals surface area contributed by atoms with E-state index in [0.29, 0.717) is 5.88 Å². The van der Waals surface area contributed by atoms with Crippen LogP contribution in [0.5, 0.6) is 0 Å². The second kappa shape index (κ2) is 11.1. The molecule has 152 valence electrons. The first-order chi connectivity index (χ1) is 14.6. The maximum Gasteiger partial charge on any atom is 0.0476 e. The Morgan fingerprint density at radius 1 is 0.533 bits per heavy atom. The summed E-state index contributed by atoms with van der Waals surface area (Å²) >= 11 is 5.76. The molecule has 0 aromatic heterocycles. The molecule has 0 amide bonds. The summed E-state index contributed by atoms with van der Waals surface area (Å²) in [7, 11) is -0.446. The molecule has 2 heteroatoms. The molecule has 30 heavy (non-hydrogen) atoms. The van der Waals surface area contributed by atoms with Gasteiger partial charge < -0.3 is 0 Å². The Morgan fingerprint density at radius 2 is 0.933 bits per heavy atom. The van der Waals surface area contributed by atoms with E-state index < -0.39 is 7.92 Å². The fraction of sp³-hybridized carbons (Fsp3) is 0.143. The second-order valence-electron chi connectivity index (χ2n) is 7.27. The number of alkyl halides is 1. The first-order valence-corrected chi connectivity index (χ1v) is 12.1. The van der Waals surface area contributed by atoms with Crippen LogP contribution in [0, 0.1) is 20.8 Å². The Balaban J connectivity index is 0.000000199. The molecular weight excluding hydrogens is 403 g/mol. The summed E-state index contributed by atoms with van der Waals surface area (Å²) < 4.78 is 0. The van der Waals surface area contributed by atoms with Crippen molar-refractivity contribution in [2.45, 2.75) is 26.7 Å². The lowest BCUT2D eigenvalue weighted by molar-refractivity contribution is 1.20.